The number of carbonyl (C=O) groups is 2. The Labute approximate surface area is 209 Å². The van der Waals surface area contributed by atoms with Crippen LogP contribution in [0.4, 0.5) is 5.69 Å². The van der Waals surface area contributed by atoms with E-state index in [-0.39, 0.29) is 24.2 Å². The largest absolute Gasteiger partial charge is 0.492 e. The van der Waals surface area contributed by atoms with Gasteiger partial charge in [-0.3, -0.25) is 13.9 Å². The van der Waals surface area contributed by atoms with Gasteiger partial charge in [0.2, 0.25) is 21.8 Å². The lowest BCUT2D eigenvalue weighted by Gasteiger charge is -2.32. The molecule has 0 aliphatic rings. The zero-order valence-electron chi connectivity index (χ0n) is 21.4. The van der Waals surface area contributed by atoms with Crippen molar-refractivity contribution >= 4 is 27.5 Å². The van der Waals surface area contributed by atoms with Gasteiger partial charge in [-0.05, 0) is 51.8 Å². The smallest absolute Gasteiger partial charge is 0.244 e. The highest BCUT2D eigenvalue weighted by atomic mass is 32.2. The summed E-state index contributed by atoms with van der Waals surface area (Å²) in [5, 5.41) is 2.92. The molecule has 0 fully saturated rings. The third-order valence-electron chi connectivity index (χ3n) is 5.72. The van der Waals surface area contributed by atoms with E-state index in [4.69, 9.17) is 4.74 Å². The molecule has 2 atom stereocenters. The first-order valence-electron chi connectivity index (χ1n) is 11.8. The molecule has 0 spiro atoms. The zero-order chi connectivity index (χ0) is 26.2. The molecule has 192 valence electrons. The second-order valence-electron chi connectivity index (χ2n) is 8.67. The van der Waals surface area contributed by atoms with Crippen LogP contribution < -0.4 is 14.4 Å². The van der Waals surface area contributed by atoms with Crippen LogP contribution in [-0.2, 0) is 26.2 Å². The molecule has 0 radical (unpaired) electrons. The predicted molar refractivity (Wildman–Crippen MR) is 139 cm³/mol. The minimum Gasteiger partial charge on any atom is -0.492 e. The summed E-state index contributed by atoms with van der Waals surface area (Å²) in [6, 6.07) is 13.5. The number of rotatable bonds is 12. The Morgan fingerprint density at radius 1 is 1.06 bits per heavy atom. The van der Waals surface area contributed by atoms with Gasteiger partial charge in [-0.2, -0.15) is 0 Å². The molecule has 2 rings (SSSR count). The van der Waals surface area contributed by atoms with Crippen molar-refractivity contribution in [1.29, 1.82) is 0 Å². The van der Waals surface area contributed by atoms with Gasteiger partial charge in [-0.15, -0.1) is 0 Å². The normalized spacial score (nSPS) is 13.0. The van der Waals surface area contributed by atoms with Gasteiger partial charge >= 0.3 is 0 Å². The molecule has 0 aliphatic heterocycles. The Balaban J connectivity index is 2.43. The Hall–Kier alpha value is -3.07. The summed E-state index contributed by atoms with van der Waals surface area (Å²) >= 11 is 0. The topological polar surface area (TPSA) is 96.0 Å². The first-order valence-corrected chi connectivity index (χ1v) is 13.7. The summed E-state index contributed by atoms with van der Waals surface area (Å²) in [4.78, 5) is 28.0. The highest BCUT2D eigenvalue weighted by Gasteiger charge is 2.31. The van der Waals surface area contributed by atoms with Crippen molar-refractivity contribution in [2.75, 3.05) is 23.7 Å². The molecule has 9 heteroatoms. The molecule has 0 saturated carbocycles. The Bertz CT molecular complexity index is 1120. The minimum absolute atomic E-state index is 0.0496. The summed E-state index contributed by atoms with van der Waals surface area (Å²) < 4.78 is 32.2. The van der Waals surface area contributed by atoms with Gasteiger partial charge < -0.3 is 15.0 Å². The van der Waals surface area contributed by atoms with Gasteiger partial charge in [0.05, 0.1) is 18.6 Å². The average molecular weight is 504 g/mol. The lowest BCUT2D eigenvalue weighted by atomic mass is 10.1. The summed E-state index contributed by atoms with van der Waals surface area (Å²) in [6.07, 6.45) is 1.80. The number of aryl methyl sites for hydroxylation is 1. The molecule has 8 nitrogen and oxygen atoms in total. The standard InChI is InChI=1S/C26H37N3O5S/c1-7-20(4)27-26(31)21(5)28(17-22-13-11-12-19(3)16-22)25(30)18-29(35(6,32)33)23-14-9-10-15-24(23)34-8-2/h9-16,20-21H,7-8,17-18H2,1-6H3,(H,27,31)/t20-,21+/m1/s1. The van der Waals surface area contributed by atoms with Crippen molar-refractivity contribution in [3.63, 3.8) is 0 Å². The minimum atomic E-state index is -3.83. The van der Waals surface area contributed by atoms with E-state index in [2.05, 4.69) is 5.32 Å². The van der Waals surface area contributed by atoms with E-state index in [9.17, 15) is 18.0 Å². The van der Waals surface area contributed by atoms with Gasteiger partial charge in [0, 0.05) is 12.6 Å². The first kappa shape index (κ1) is 28.2. The number of nitrogens with zero attached hydrogens (tertiary/aromatic N) is 2. The summed E-state index contributed by atoms with van der Waals surface area (Å²) in [7, 11) is -3.83. The van der Waals surface area contributed by atoms with Crippen molar-refractivity contribution < 1.29 is 22.7 Å². The van der Waals surface area contributed by atoms with E-state index in [1.807, 2.05) is 45.0 Å². The molecule has 1 N–H and O–H groups in total. The van der Waals surface area contributed by atoms with Crippen LogP contribution in [-0.4, -0.2) is 56.6 Å². The predicted octanol–water partition coefficient (Wildman–Crippen LogP) is 3.49. The molecule has 2 aromatic rings. The number of benzene rings is 2. The monoisotopic (exact) mass is 503 g/mol. The molecule has 0 bridgehead atoms. The number of sulfonamides is 1. The number of carbonyl (C=O) groups excluding carboxylic acids is 2. The fourth-order valence-corrected chi connectivity index (χ4v) is 4.44. The van der Waals surface area contributed by atoms with Gasteiger partial charge in [0.1, 0.15) is 18.3 Å². The highest BCUT2D eigenvalue weighted by molar-refractivity contribution is 7.92. The third kappa shape index (κ3) is 7.99. The second kappa shape index (κ2) is 12.6. The second-order valence-corrected chi connectivity index (χ2v) is 10.6. The van der Waals surface area contributed by atoms with Crippen molar-refractivity contribution in [3.8, 4) is 5.75 Å². The Morgan fingerprint density at radius 2 is 1.74 bits per heavy atom. The van der Waals surface area contributed by atoms with Crippen LogP contribution in [0.25, 0.3) is 0 Å². The third-order valence-corrected chi connectivity index (χ3v) is 6.84. The molecule has 0 saturated heterocycles. The number of nitrogens with one attached hydrogen (secondary N) is 1. The quantitative estimate of drug-likeness (QED) is 0.478. The summed E-state index contributed by atoms with van der Waals surface area (Å²) in [5.41, 5.74) is 2.15. The van der Waals surface area contributed by atoms with Crippen molar-refractivity contribution in [1.82, 2.24) is 10.2 Å². The van der Waals surface area contributed by atoms with E-state index in [1.54, 1.807) is 38.1 Å². The number of ether oxygens (including phenoxy) is 1. The fourth-order valence-electron chi connectivity index (χ4n) is 3.59. The van der Waals surface area contributed by atoms with Crippen LogP contribution in [0.5, 0.6) is 5.75 Å². The number of hydrogen-bond donors (Lipinski definition) is 1. The van der Waals surface area contributed by atoms with Crippen molar-refractivity contribution in [2.45, 2.75) is 59.7 Å². The molecular weight excluding hydrogens is 466 g/mol. The van der Waals surface area contributed by atoms with E-state index in [0.717, 1.165) is 28.1 Å². The fraction of sp³-hybridized carbons (Fsp3) is 0.462. The van der Waals surface area contributed by atoms with Crippen LogP contribution in [0.3, 0.4) is 0 Å². The molecule has 0 heterocycles. The van der Waals surface area contributed by atoms with Crippen LogP contribution in [0.2, 0.25) is 0 Å². The van der Waals surface area contributed by atoms with Gasteiger partial charge in [0.25, 0.3) is 0 Å². The molecule has 2 amide bonds. The molecule has 0 aliphatic carbocycles. The van der Waals surface area contributed by atoms with E-state index >= 15 is 0 Å². The number of hydrogen-bond acceptors (Lipinski definition) is 5. The maximum Gasteiger partial charge on any atom is 0.244 e. The number of anilines is 1. The first-order chi connectivity index (χ1) is 16.5. The molecule has 0 aromatic heterocycles. The van der Waals surface area contributed by atoms with Gasteiger partial charge in [-0.25, -0.2) is 8.42 Å². The van der Waals surface area contributed by atoms with Crippen LogP contribution >= 0.6 is 0 Å². The van der Waals surface area contributed by atoms with E-state index in [0.29, 0.717) is 12.4 Å². The summed E-state index contributed by atoms with van der Waals surface area (Å²) in [6.45, 7) is 9.31. The maximum absolute atomic E-state index is 13.6. The maximum atomic E-state index is 13.6. The molecule has 2 aromatic carbocycles. The van der Waals surface area contributed by atoms with Gasteiger partial charge in [0.15, 0.2) is 0 Å². The molecule has 0 unspecified atom stereocenters. The van der Waals surface area contributed by atoms with E-state index < -0.39 is 28.5 Å². The lowest BCUT2D eigenvalue weighted by Crippen LogP contribution is -2.52. The Kier molecular flexibility index (Phi) is 10.1. The number of para-hydroxylation sites is 2. The average Bonchev–Trinajstić information content (AvgIpc) is 2.80. The van der Waals surface area contributed by atoms with Gasteiger partial charge in [-0.1, -0.05) is 48.9 Å². The Morgan fingerprint density at radius 3 is 2.34 bits per heavy atom. The SMILES string of the molecule is CCOc1ccccc1N(CC(=O)N(Cc1cccc(C)c1)[C@@H](C)C(=O)N[C@H](C)CC)S(C)(=O)=O. The van der Waals surface area contributed by atoms with Crippen LogP contribution in [0.15, 0.2) is 48.5 Å². The lowest BCUT2D eigenvalue weighted by molar-refractivity contribution is -0.139. The van der Waals surface area contributed by atoms with Crippen molar-refractivity contribution in [3.05, 3.63) is 59.7 Å². The molecular formula is C26H37N3O5S. The zero-order valence-corrected chi connectivity index (χ0v) is 22.3. The molecule has 35 heavy (non-hydrogen) atoms. The van der Waals surface area contributed by atoms with Crippen molar-refractivity contribution in [2.24, 2.45) is 0 Å². The number of amides is 2. The highest BCUT2D eigenvalue weighted by Crippen LogP contribution is 2.30. The van der Waals surface area contributed by atoms with Crippen LogP contribution in [0.1, 0.15) is 45.2 Å². The van der Waals surface area contributed by atoms with E-state index in [1.165, 1.54) is 4.90 Å². The van der Waals surface area contributed by atoms with Crippen LogP contribution in [0, 0.1) is 6.92 Å². The summed E-state index contributed by atoms with van der Waals surface area (Å²) in [5.74, 6) is -0.419.